The summed E-state index contributed by atoms with van der Waals surface area (Å²) in [5.74, 6) is -0.0843. The molecule has 12 heteroatoms. The third-order valence-corrected chi connectivity index (χ3v) is 8.80. The average Bonchev–Trinajstić information content (AvgIpc) is 3.80. The van der Waals surface area contributed by atoms with Crippen LogP contribution in [0.1, 0.15) is 60.8 Å². The largest absolute Gasteiger partial charge is 0.497 e. The minimum atomic E-state index is -2.98. The summed E-state index contributed by atoms with van der Waals surface area (Å²) in [4.78, 5) is 46.8. The highest BCUT2D eigenvalue weighted by molar-refractivity contribution is 6.04. The number of amides is 3. The Bertz CT molecular complexity index is 1580. The molecule has 1 saturated heterocycles. The number of anilines is 1. The van der Waals surface area contributed by atoms with Crippen molar-refractivity contribution in [1.29, 1.82) is 0 Å². The van der Waals surface area contributed by atoms with Gasteiger partial charge in [0.15, 0.2) is 11.5 Å². The number of ether oxygens (including phenoxy) is 3. The van der Waals surface area contributed by atoms with Gasteiger partial charge in [0.2, 0.25) is 11.8 Å². The minimum Gasteiger partial charge on any atom is -0.497 e. The van der Waals surface area contributed by atoms with Gasteiger partial charge in [-0.15, -0.1) is 0 Å². The second-order valence-corrected chi connectivity index (χ2v) is 12.1. The molecule has 1 aliphatic heterocycles. The zero-order chi connectivity index (χ0) is 33.7. The van der Waals surface area contributed by atoms with Crippen molar-refractivity contribution < 1.29 is 37.4 Å². The van der Waals surface area contributed by atoms with Crippen LogP contribution in [-0.2, 0) is 16.1 Å². The van der Waals surface area contributed by atoms with Gasteiger partial charge in [-0.3, -0.25) is 14.4 Å². The Labute approximate surface area is 273 Å². The molecule has 0 spiro atoms. The van der Waals surface area contributed by atoms with Gasteiger partial charge in [0, 0.05) is 38.2 Å². The zero-order valence-corrected chi connectivity index (χ0v) is 26.9. The minimum absolute atomic E-state index is 0.0260. The van der Waals surface area contributed by atoms with Crippen molar-refractivity contribution in [2.75, 3.05) is 32.2 Å². The van der Waals surface area contributed by atoms with E-state index in [0.29, 0.717) is 42.6 Å². The lowest BCUT2D eigenvalue weighted by molar-refractivity contribution is -0.133. The number of rotatable bonds is 13. The van der Waals surface area contributed by atoms with Crippen molar-refractivity contribution in [3.05, 3.63) is 77.6 Å². The lowest BCUT2D eigenvalue weighted by Gasteiger charge is -2.27. The zero-order valence-electron chi connectivity index (χ0n) is 26.9. The van der Waals surface area contributed by atoms with Crippen molar-refractivity contribution in [2.45, 2.75) is 58.2 Å². The van der Waals surface area contributed by atoms with Gasteiger partial charge in [-0.25, -0.2) is 4.98 Å². The van der Waals surface area contributed by atoms with Crippen LogP contribution in [0.25, 0.3) is 0 Å². The molecule has 2 heterocycles. The molecular formula is C35H40F2N4O6. The van der Waals surface area contributed by atoms with Crippen molar-refractivity contribution in [3.63, 3.8) is 0 Å². The maximum atomic E-state index is 13.4. The number of alkyl halides is 2. The van der Waals surface area contributed by atoms with Crippen LogP contribution in [0.2, 0.25) is 0 Å². The monoisotopic (exact) mass is 650 g/mol. The first-order chi connectivity index (χ1) is 22.5. The molecule has 3 aromatic rings. The maximum absolute atomic E-state index is 13.4. The van der Waals surface area contributed by atoms with E-state index in [0.717, 1.165) is 18.4 Å². The second kappa shape index (κ2) is 14.8. The van der Waals surface area contributed by atoms with Crippen LogP contribution in [0.4, 0.5) is 14.5 Å². The molecule has 0 bridgehead atoms. The molecule has 1 aliphatic carbocycles. The van der Waals surface area contributed by atoms with Crippen molar-refractivity contribution in [3.8, 4) is 17.2 Å². The quantitative estimate of drug-likeness (QED) is 0.263. The number of likely N-dealkylation sites (tertiary alicyclic amines) is 1. The SMILES string of the molecule is COc1ccc(N(C)C(=O)c2cccc(CNC(=O)[C@H](C)[C@H]3CC(c4ccc(OC(F)F)c(OCC5CC5)c4)CN3C(C)=O)n2)cc1. The summed E-state index contributed by atoms with van der Waals surface area (Å²) in [7, 11) is 3.23. The van der Waals surface area contributed by atoms with Crippen LogP contribution < -0.4 is 24.4 Å². The van der Waals surface area contributed by atoms with Gasteiger partial charge in [0.1, 0.15) is 11.4 Å². The predicted octanol–water partition coefficient (Wildman–Crippen LogP) is 5.41. The first kappa shape index (κ1) is 33.6. The Hall–Kier alpha value is -4.74. The van der Waals surface area contributed by atoms with E-state index >= 15 is 0 Å². The number of nitrogens with zero attached hydrogens (tertiary/aromatic N) is 3. The Kier molecular flexibility index (Phi) is 10.6. The third kappa shape index (κ3) is 8.35. The molecule has 3 atom stereocenters. The van der Waals surface area contributed by atoms with Crippen molar-refractivity contribution >= 4 is 23.4 Å². The summed E-state index contributed by atoms with van der Waals surface area (Å²) in [6.07, 6.45) is 2.60. The number of pyridine rings is 1. The van der Waals surface area contributed by atoms with Gasteiger partial charge < -0.3 is 29.3 Å². The molecule has 47 heavy (non-hydrogen) atoms. The van der Waals surface area contributed by atoms with Crippen molar-refractivity contribution in [1.82, 2.24) is 15.2 Å². The molecule has 2 aliphatic rings. The molecule has 1 aromatic heterocycles. The third-order valence-electron chi connectivity index (χ3n) is 8.80. The molecule has 2 aromatic carbocycles. The van der Waals surface area contributed by atoms with Crippen LogP contribution >= 0.6 is 0 Å². The highest BCUT2D eigenvalue weighted by Crippen LogP contribution is 2.40. The van der Waals surface area contributed by atoms with E-state index in [1.807, 2.05) is 0 Å². The fourth-order valence-electron chi connectivity index (χ4n) is 5.83. The van der Waals surface area contributed by atoms with Crippen LogP contribution in [0.3, 0.4) is 0 Å². The van der Waals surface area contributed by atoms with Crippen LogP contribution in [0, 0.1) is 11.8 Å². The number of carbonyl (C=O) groups excluding carboxylic acids is 3. The first-order valence-corrected chi connectivity index (χ1v) is 15.7. The topological polar surface area (TPSA) is 110 Å². The number of nitrogens with one attached hydrogen (secondary N) is 1. The van der Waals surface area contributed by atoms with E-state index in [-0.39, 0.29) is 53.4 Å². The normalized spacial score (nSPS) is 18.1. The van der Waals surface area contributed by atoms with Crippen LogP contribution in [0.5, 0.6) is 17.2 Å². The molecule has 1 N–H and O–H groups in total. The van der Waals surface area contributed by atoms with Gasteiger partial charge >= 0.3 is 6.61 Å². The van der Waals surface area contributed by atoms with Gasteiger partial charge in [0.05, 0.1) is 31.9 Å². The number of hydrogen-bond donors (Lipinski definition) is 1. The summed E-state index contributed by atoms with van der Waals surface area (Å²) in [5, 5.41) is 2.91. The van der Waals surface area contributed by atoms with E-state index in [4.69, 9.17) is 9.47 Å². The van der Waals surface area contributed by atoms with E-state index in [9.17, 15) is 23.2 Å². The fraction of sp³-hybridized carbons (Fsp3) is 0.429. The number of halogens is 2. The van der Waals surface area contributed by atoms with E-state index in [1.165, 1.54) is 17.9 Å². The highest BCUT2D eigenvalue weighted by Gasteiger charge is 2.40. The summed E-state index contributed by atoms with van der Waals surface area (Å²) in [5.41, 5.74) is 2.24. The summed E-state index contributed by atoms with van der Waals surface area (Å²) in [6, 6.07) is 16.7. The van der Waals surface area contributed by atoms with Crippen LogP contribution in [-0.4, -0.2) is 67.6 Å². The number of benzene rings is 2. The molecule has 250 valence electrons. The first-order valence-electron chi connectivity index (χ1n) is 15.7. The maximum Gasteiger partial charge on any atom is 0.387 e. The summed E-state index contributed by atoms with van der Waals surface area (Å²) >= 11 is 0. The lowest BCUT2D eigenvalue weighted by Crippen LogP contribution is -2.44. The second-order valence-electron chi connectivity index (χ2n) is 12.1. The standard InChI is InChI=1S/C35H40F2N4O6/c1-21(33(43)38-18-26-6-5-7-29(39-26)34(44)40(3)27-11-13-28(45-4)14-12-27)30-16-25(19-41(30)22(2)42)24-10-15-31(47-35(36)37)32(17-24)46-20-23-8-9-23/h5-7,10-15,17,21,23,25,30,35H,8-9,16,18-20H2,1-4H3,(H,38,43)/t21-,25?,30-/m1/s1. The average molecular weight is 651 g/mol. The summed E-state index contributed by atoms with van der Waals surface area (Å²) < 4.78 is 41.8. The fourth-order valence-corrected chi connectivity index (χ4v) is 5.83. The Balaban J connectivity index is 1.23. The summed E-state index contributed by atoms with van der Waals surface area (Å²) in [6.45, 7) is 1.17. The molecule has 3 amide bonds. The van der Waals surface area contributed by atoms with Crippen LogP contribution in [0.15, 0.2) is 60.7 Å². The van der Waals surface area contributed by atoms with E-state index in [2.05, 4.69) is 15.0 Å². The van der Waals surface area contributed by atoms with E-state index < -0.39 is 12.5 Å². The molecule has 5 rings (SSSR count). The number of methoxy groups -OCH3 is 1. The molecule has 0 radical (unpaired) electrons. The van der Waals surface area contributed by atoms with Gasteiger partial charge in [-0.05, 0) is 79.3 Å². The number of carbonyl (C=O) groups is 3. The predicted molar refractivity (Wildman–Crippen MR) is 171 cm³/mol. The van der Waals surface area contributed by atoms with Gasteiger partial charge in [-0.2, -0.15) is 8.78 Å². The number of hydrogen-bond acceptors (Lipinski definition) is 7. The lowest BCUT2D eigenvalue weighted by atomic mass is 9.91. The number of aromatic nitrogens is 1. The Morgan fingerprint density at radius 2 is 1.81 bits per heavy atom. The molecule has 10 nitrogen and oxygen atoms in total. The molecular weight excluding hydrogens is 610 g/mol. The Morgan fingerprint density at radius 3 is 2.47 bits per heavy atom. The van der Waals surface area contributed by atoms with Gasteiger partial charge in [0.25, 0.3) is 5.91 Å². The molecule has 1 saturated carbocycles. The molecule has 2 fully saturated rings. The van der Waals surface area contributed by atoms with Crippen molar-refractivity contribution in [2.24, 2.45) is 11.8 Å². The van der Waals surface area contributed by atoms with Gasteiger partial charge in [-0.1, -0.05) is 19.1 Å². The Morgan fingerprint density at radius 1 is 1.06 bits per heavy atom. The smallest absolute Gasteiger partial charge is 0.387 e. The highest BCUT2D eigenvalue weighted by atomic mass is 19.3. The van der Waals surface area contributed by atoms with E-state index in [1.54, 1.807) is 80.6 Å². The molecule has 1 unspecified atom stereocenters.